The highest BCUT2D eigenvalue weighted by molar-refractivity contribution is 6.30. The molecule has 4 nitrogen and oxygen atoms in total. The van der Waals surface area contributed by atoms with Crippen LogP contribution in [-0.2, 0) is 11.3 Å². The first-order valence-electron chi connectivity index (χ1n) is 8.37. The molecule has 0 saturated heterocycles. The molecule has 1 aromatic heterocycles. The second-order valence-electron chi connectivity index (χ2n) is 6.08. The maximum absolute atomic E-state index is 13.3. The lowest BCUT2D eigenvalue weighted by atomic mass is 10.2. The molecule has 0 bridgehead atoms. The van der Waals surface area contributed by atoms with E-state index < -0.39 is 5.82 Å². The summed E-state index contributed by atoms with van der Waals surface area (Å²) in [5, 5.41) is 3.35. The van der Waals surface area contributed by atoms with Crippen molar-refractivity contribution in [1.29, 1.82) is 0 Å². The van der Waals surface area contributed by atoms with Crippen LogP contribution >= 0.6 is 11.6 Å². The highest BCUT2D eigenvalue weighted by atomic mass is 35.5. The molecule has 0 atom stereocenters. The molecule has 0 spiro atoms. The maximum Gasteiger partial charge on any atom is 0.244 e. The molecule has 27 heavy (non-hydrogen) atoms. The molecule has 4 rings (SSSR count). The van der Waals surface area contributed by atoms with E-state index in [0.29, 0.717) is 16.5 Å². The number of amides is 1. The fourth-order valence-electron chi connectivity index (χ4n) is 2.97. The standard InChI is InChI=1S/C21H15ClFN3O/c22-15-10-8-14(9-11-15)21-25-18-6-1-2-7-19(18)26(21)13-20(27)24-17-5-3-4-16(23)12-17/h1-12H,13H2,(H,24,27). The zero-order valence-corrected chi connectivity index (χ0v) is 14.9. The summed E-state index contributed by atoms with van der Waals surface area (Å²) in [4.78, 5) is 17.2. The Balaban J connectivity index is 1.70. The summed E-state index contributed by atoms with van der Waals surface area (Å²) < 4.78 is 15.2. The number of para-hydroxylation sites is 2. The number of nitrogens with one attached hydrogen (secondary N) is 1. The van der Waals surface area contributed by atoms with Crippen LogP contribution in [0.25, 0.3) is 22.4 Å². The number of fused-ring (bicyclic) bond motifs is 1. The van der Waals surface area contributed by atoms with Gasteiger partial charge in [0.15, 0.2) is 0 Å². The monoisotopic (exact) mass is 379 g/mol. The van der Waals surface area contributed by atoms with Crippen LogP contribution in [0.15, 0.2) is 72.8 Å². The lowest BCUT2D eigenvalue weighted by Gasteiger charge is -2.10. The molecule has 0 radical (unpaired) electrons. The predicted molar refractivity (Wildman–Crippen MR) is 105 cm³/mol. The Labute approximate surface area is 160 Å². The average molecular weight is 380 g/mol. The Kier molecular flexibility index (Phi) is 4.60. The van der Waals surface area contributed by atoms with Crippen LogP contribution in [0.2, 0.25) is 5.02 Å². The molecule has 0 fully saturated rings. The summed E-state index contributed by atoms with van der Waals surface area (Å²) in [6.07, 6.45) is 0. The van der Waals surface area contributed by atoms with Crippen molar-refractivity contribution in [2.24, 2.45) is 0 Å². The summed E-state index contributed by atoms with van der Waals surface area (Å²) in [5.41, 5.74) is 2.91. The summed E-state index contributed by atoms with van der Waals surface area (Å²) >= 11 is 5.98. The molecule has 0 saturated carbocycles. The number of carbonyl (C=O) groups is 1. The van der Waals surface area contributed by atoms with E-state index in [1.165, 1.54) is 12.1 Å². The summed E-state index contributed by atoms with van der Waals surface area (Å²) in [6.45, 7) is 0.0506. The van der Waals surface area contributed by atoms with Gasteiger partial charge >= 0.3 is 0 Å². The number of hydrogen-bond acceptors (Lipinski definition) is 2. The number of rotatable bonds is 4. The zero-order valence-electron chi connectivity index (χ0n) is 14.2. The number of benzene rings is 3. The first-order valence-corrected chi connectivity index (χ1v) is 8.74. The van der Waals surface area contributed by atoms with Crippen LogP contribution in [-0.4, -0.2) is 15.5 Å². The highest BCUT2D eigenvalue weighted by Gasteiger charge is 2.15. The normalized spacial score (nSPS) is 10.9. The molecule has 1 heterocycles. The second kappa shape index (κ2) is 7.21. The van der Waals surface area contributed by atoms with Gasteiger partial charge in [0.2, 0.25) is 5.91 Å². The smallest absolute Gasteiger partial charge is 0.244 e. The number of aromatic nitrogens is 2. The van der Waals surface area contributed by atoms with Crippen LogP contribution < -0.4 is 5.32 Å². The fraction of sp³-hybridized carbons (Fsp3) is 0.0476. The molecule has 4 aromatic rings. The van der Waals surface area contributed by atoms with Gasteiger partial charge in [-0.2, -0.15) is 0 Å². The summed E-state index contributed by atoms with van der Waals surface area (Å²) in [7, 11) is 0. The molecular weight excluding hydrogens is 365 g/mol. The van der Waals surface area contributed by atoms with Crippen molar-refractivity contribution in [3.05, 3.63) is 83.6 Å². The topological polar surface area (TPSA) is 46.9 Å². The molecular formula is C21H15ClFN3O. The van der Waals surface area contributed by atoms with Crippen LogP contribution in [0.1, 0.15) is 0 Å². The van der Waals surface area contributed by atoms with Gasteiger partial charge in [-0.25, -0.2) is 9.37 Å². The molecule has 0 aliphatic rings. The van der Waals surface area contributed by atoms with Crippen LogP contribution in [0.3, 0.4) is 0 Å². The quantitative estimate of drug-likeness (QED) is 0.534. The Morgan fingerprint density at radius 1 is 1.04 bits per heavy atom. The molecule has 0 aliphatic heterocycles. The number of carbonyl (C=O) groups excluding carboxylic acids is 1. The number of anilines is 1. The Bertz CT molecular complexity index is 1120. The van der Waals surface area contributed by atoms with Gasteiger partial charge in [0.25, 0.3) is 0 Å². The molecule has 0 unspecified atom stereocenters. The van der Waals surface area contributed by atoms with E-state index in [1.54, 1.807) is 24.3 Å². The SMILES string of the molecule is O=C(Cn1c(-c2ccc(Cl)cc2)nc2ccccc21)Nc1cccc(F)c1. The van der Waals surface area contributed by atoms with Gasteiger partial charge in [0.1, 0.15) is 18.2 Å². The van der Waals surface area contributed by atoms with Crippen LogP contribution in [0, 0.1) is 5.82 Å². The Morgan fingerprint density at radius 2 is 1.81 bits per heavy atom. The summed E-state index contributed by atoms with van der Waals surface area (Å²) in [6, 6.07) is 20.7. The van der Waals surface area contributed by atoms with E-state index in [9.17, 15) is 9.18 Å². The zero-order chi connectivity index (χ0) is 18.8. The van der Waals surface area contributed by atoms with Gasteiger partial charge in [-0.05, 0) is 54.6 Å². The van der Waals surface area contributed by atoms with E-state index in [-0.39, 0.29) is 12.5 Å². The number of halogens is 2. The Morgan fingerprint density at radius 3 is 2.59 bits per heavy atom. The van der Waals surface area contributed by atoms with Gasteiger partial charge < -0.3 is 9.88 Å². The van der Waals surface area contributed by atoms with Crippen molar-refractivity contribution in [3.63, 3.8) is 0 Å². The minimum absolute atomic E-state index is 0.0506. The van der Waals surface area contributed by atoms with Gasteiger partial charge in [-0.15, -0.1) is 0 Å². The molecule has 1 N–H and O–H groups in total. The number of nitrogens with zero attached hydrogens (tertiary/aromatic N) is 2. The van der Waals surface area contributed by atoms with E-state index in [4.69, 9.17) is 11.6 Å². The van der Waals surface area contributed by atoms with E-state index in [0.717, 1.165) is 16.6 Å². The molecule has 0 aliphatic carbocycles. The number of imidazole rings is 1. The van der Waals surface area contributed by atoms with Crippen molar-refractivity contribution in [2.75, 3.05) is 5.32 Å². The van der Waals surface area contributed by atoms with Crippen molar-refractivity contribution in [2.45, 2.75) is 6.54 Å². The Hall–Kier alpha value is -3.18. The minimum atomic E-state index is -0.400. The molecule has 6 heteroatoms. The van der Waals surface area contributed by atoms with Gasteiger partial charge in [-0.3, -0.25) is 4.79 Å². The lowest BCUT2D eigenvalue weighted by molar-refractivity contribution is -0.116. The first-order chi connectivity index (χ1) is 13.1. The summed E-state index contributed by atoms with van der Waals surface area (Å²) in [5.74, 6) is 0.00367. The lowest BCUT2D eigenvalue weighted by Crippen LogP contribution is -2.19. The van der Waals surface area contributed by atoms with E-state index >= 15 is 0 Å². The van der Waals surface area contributed by atoms with Crippen molar-refractivity contribution in [3.8, 4) is 11.4 Å². The van der Waals surface area contributed by atoms with Gasteiger partial charge in [0, 0.05) is 16.3 Å². The van der Waals surface area contributed by atoms with Gasteiger partial charge in [0.05, 0.1) is 11.0 Å². The van der Waals surface area contributed by atoms with Crippen molar-refractivity contribution >= 4 is 34.2 Å². The molecule has 134 valence electrons. The fourth-order valence-corrected chi connectivity index (χ4v) is 3.09. The van der Waals surface area contributed by atoms with E-state index in [2.05, 4.69) is 10.3 Å². The van der Waals surface area contributed by atoms with Gasteiger partial charge in [-0.1, -0.05) is 29.8 Å². The highest BCUT2D eigenvalue weighted by Crippen LogP contribution is 2.26. The third-order valence-corrected chi connectivity index (χ3v) is 4.42. The number of hydrogen-bond donors (Lipinski definition) is 1. The third kappa shape index (κ3) is 3.68. The first kappa shape index (κ1) is 17.2. The van der Waals surface area contributed by atoms with Crippen molar-refractivity contribution in [1.82, 2.24) is 9.55 Å². The minimum Gasteiger partial charge on any atom is -0.324 e. The predicted octanol–water partition coefficient (Wildman–Crippen LogP) is 5.13. The van der Waals surface area contributed by atoms with Crippen LogP contribution in [0.4, 0.5) is 10.1 Å². The average Bonchev–Trinajstić information content (AvgIpc) is 3.01. The molecule has 3 aromatic carbocycles. The largest absolute Gasteiger partial charge is 0.324 e. The molecule has 1 amide bonds. The van der Waals surface area contributed by atoms with E-state index in [1.807, 2.05) is 41.0 Å². The third-order valence-electron chi connectivity index (χ3n) is 4.17. The van der Waals surface area contributed by atoms with Crippen molar-refractivity contribution < 1.29 is 9.18 Å². The maximum atomic E-state index is 13.3. The van der Waals surface area contributed by atoms with Crippen LogP contribution in [0.5, 0.6) is 0 Å². The second-order valence-corrected chi connectivity index (χ2v) is 6.51.